The zero-order valence-electron chi connectivity index (χ0n) is 18.7. The lowest BCUT2D eigenvalue weighted by molar-refractivity contribution is 0.394. The minimum absolute atomic E-state index is 0.0741. The number of aromatic nitrogens is 4. The highest BCUT2D eigenvalue weighted by atomic mass is 32.2. The Kier molecular flexibility index (Phi) is 8.14. The van der Waals surface area contributed by atoms with Gasteiger partial charge in [0.1, 0.15) is 0 Å². The lowest BCUT2D eigenvalue weighted by Crippen LogP contribution is -2.06. The Morgan fingerprint density at radius 1 is 0.857 bits per heavy atom. The van der Waals surface area contributed by atoms with Crippen molar-refractivity contribution in [3.63, 3.8) is 0 Å². The fraction of sp³-hybridized carbons (Fsp3) is 0.190. The average Bonchev–Trinajstić information content (AvgIpc) is 3.53. The molecular weight excluding hydrogens is 498 g/mol. The van der Waals surface area contributed by atoms with Crippen LogP contribution in [0.5, 0.6) is 0 Å². The van der Waals surface area contributed by atoms with Crippen LogP contribution in [0.1, 0.15) is 17.3 Å². The summed E-state index contributed by atoms with van der Waals surface area (Å²) in [4.78, 5) is 8.51. The van der Waals surface area contributed by atoms with Crippen LogP contribution in [0, 0.1) is 6.92 Å². The number of hydrogen-bond acceptors (Lipinski definition) is 9. The molecular formula is C21H23N5O7S2. The number of imidazole rings is 1. The van der Waals surface area contributed by atoms with Gasteiger partial charge in [0.05, 0.1) is 21.2 Å². The van der Waals surface area contributed by atoms with Gasteiger partial charge >= 0.3 is 0 Å². The first-order valence-corrected chi connectivity index (χ1v) is 13.0. The minimum Gasteiger partial charge on any atom is -0.339 e. The summed E-state index contributed by atoms with van der Waals surface area (Å²) in [6.07, 6.45) is 0. The van der Waals surface area contributed by atoms with E-state index in [1.807, 2.05) is 11.6 Å². The van der Waals surface area contributed by atoms with Gasteiger partial charge in [0.2, 0.25) is 11.7 Å². The van der Waals surface area contributed by atoms with E-state index in [9.17, 15) is 16.8 Å². The SMILES string of the molecule is Cc1nc(-c2nc3c(n2C)CNC3)no1.O=S(=O)(O)c1ccccc1.O=S(=O)(O)c1ccccc1. The third-order valence-electron chi connectivity index (χ3n) is 4.69. The van der Waals surface area contributed by atoms with Gasteiger partial charge in [-0.15, -0.1) is 0 Å². The average molecular weight is 522 g/mol. The Bertz CT molecular complexity index is 1420. The predicted octanol–water partition coefficient (Wildman–Crippen LogP) is 2.25. The van der Waals surface area contributed by atoms with E-state index in [2.05, 4.69) is 20.4 Å². The molecule has 1 aliphatic heterocycles. The first kappa shape index (κ1) is 26.2. The van der Waals surface area contributed by atoms with E-state index in [1.165, 1.54) is 30.0 Å². The molecule has 0 saturated heterocycles. The molecule has 14 heteroatoms. The van der Waals surface area contributed by atoms with E-state index in [-0.39, 0.29) is 9.79 Å². The van der Waals surface area contributed by atoms with Gasteiger partial charge in [0.25, 0.3) is 20.2 Å². The van der Waals surface area contributed by atoms with Crippen LogP contribution in [0.25, 0.3) is 11.6 Å². The van der Waals surface area contributed by atoms with E-state index in [1.54, 1.807) is 43.3 Å². The number of hydrogen-bond donors (Lipinski definition) is 3. The molecule has 0 bridgehead atoms. The largest absolute Gasteiger partial charge is 0.339 e. The van der Waals surface area contributed by atoms with E-state index in [0.29, 0.717) is 11.7 Å². The van der Waals surface area contributed by atoms with Crippen LogP contribution in [-0.4, -0.2) is 45.6 Å². The predicted molar refractivity (Wildman–Crippen MR) is 124 cm³/mol. The van der Waals surface area contributed by atoms with Crippen LogP contribution in [0.4, 0.5) is 0 Å². The van der Waals surface area contributed by atoms with Gasteiger partial charge in [-0.2, -0.15) is 21.8 Å². The molecule has 3 heterocycles. The quantitative estimate of drug-likeness (QED) is 0.337. The Morgan fingerprint density at radius 3 is 1.74 bits per heavy atom. The van der Waals surface area contributed by atoms with E-state index < -0.39 is 20.2 Å². The van der Waals surface area contributed by atoms with E-state index in [0.717, 1.165) is 24.6 Å². The number of fused-ring (bicyclic) bond motifs is 1. The molecule has 0 radical (unpaired) electrons. The summed E-state index contributed by atoms with van der Waals surface area (Å²) in [5.41, 5.74) is 2.28. The molecule has 0 saturated carbocycles. The third-order valence-corrected chi connectivity index (χ3v) is 6.43. The second-order valence-corrected chi connectivity index (χ2v) is 10.0. The van der Waals surface area contributed by atoms with Crippen LogP contribution in [0.2, 0.25) is 0 Å². The van der Waals surface area contributed by atoms with Crippen molar-refractivity contribution < 1.29 is 30.5 Å². The lowest BCUT2D eigenvalue weighted by atomic mass is 10.4. The molecule has 0 unspecified atom stereocenters. The van der Waals surface area contributed by atoms with Crippen molar-refractivity contribution in [2.45, 2.75) is 29.8 Å². The summed E-state index contributed by atoms with van der Waals surface area (Å²) < 4.78 is 65.4. The number of rotatable bonds is 3. The Labute approximate surface area is 202 Å². The van der Waals surface area contributed by atoms with Crippen LogP contribution < -0.4 is 5.32 Å². The smallest absolute Gasteiger partial charge is 0.294 e. The van der Waals surface area contributed by atoms with Crippen LogP contribution in [0.15, 0.2) is 75.0 Å². The second-order valence-electron chi connectivity index (χ2n) is 7.20. The fourth-order valence-corrected chi connectivity index (χ4v) is 4.03. The first-order chi connectivity index (χ1) is 16.5. The summed E-state index contributed by atoms with van der Waals surface area (Å²) in [7, 11) is -6.03. The fourth-order valence-electron chi connectivity index (χ4n) is 3.03. The number of benzene rings is 2. The summed E-state index contributed by atoms with van der Waals surface area (Å²) in [5.74, 6) is 1.90. The van der Waals surface area contributed by atoms with Gasteiger partial charge in [-0.1, -0.05) is 41.6 Å². The van der Waals surface area contributed by atoms with Crippen molar-refractivity contribution >= 4 is 20.2 Å². The van der Waals surface area contributed by atoms with Crippen LogP contribution in [-0.2, 0) is 40.4 Å². The molecule has 0 spiro atoms. The van der Waals surface area contributed by atoms with Gasteiger partial charge < -0.3 is 14.4 Å². The molecule has 0 fully saturated rings. The lowest BCUT2D eigenvalue weighted by Gasteiger charge is -1.99. The molecule has 35 heavy (non-hydrogen) atoms. The molecule has 3 N–H and O–H groups in total. The van der Waals surface area contributed by atoms with Crippen molar-refractivity contribution in [2.75, 3.05) is 0 Å². The molecule has 2 aromatic heterocycles. The molecule has 0 amide bonds. The number of nitrogens with zero attached hydrogens (tertiary/aromatic N) is 4. The minimum atomic E-state index is -4.00. The zero-order chi connectivity index (χ0) is 25.6. The first-order valence-electron chi connectivity index (χ1n) is 10.1. The maximum absolute atomic E-state index is 10.4. The maximum Gasteiger partial charge on any atom is 0.294 e. The van der Waals surface area contributed by atoms with E-state index >= 15 is 0 Å². The monoisotopic (exact) mass is 521 g/mol. The van der Waals surface area contributed by atoms with Gasteiger partial charge in [-0.3, -0.25) is 9.11 Å². The van der Waals surface area contributed by atoms with Crippen molar-refractivity contribution in [1.82, 2.24) is 25.0 Å². The van der Waals surface area contributed by atoms with Gasteiger partial charge in [-0.25, -0.2) is 4.98 Å². The van der Waals surface area contributed by atoms with Crippen molar-refractivity contribution in [3.8, 4) is 11.6 Å². The van der Waals surface area contributed by atoms with Crippen LogP contribution >= 0.6 is 0 Å². The van der Waals surface area contributed by atoms with Crippen LogP contribution in [0.3, 0.4) is 0 Å². The molecule has 12 nitrogen and oxygen atoms in total. The summed E-state index contributed by atoms with van der Waals surface area (Å²) in [6.45, 7) is 3.45. The van der Waals surface area contributed by atoms with Gasteiger partial charge in [0.15, 0.2) is 5.82 Å². The molecule has 0 atom stereocenters. The number of aryl methyl sites for hydroxylation is 1. The van der Waals surface area contributed by atoms with Crippen molar-refractivity contribution in [2.24, 2.45) is 7.05 Å². The summed E-state index contributed by atoms with van der Waals surface area (Å²) in [5, 5.41) is 7.11. The topological polar surface area (TPSA) is 178 Å². The Hall–Kier alpha value is -3.43. The molecule has 0 aliphatic carbocycles. The molecule has 4 aromatic rings. The van der Waals surface area contributed by atoms with Crippen molar-refractivity contribution in [1.29, 1.82) is 0 Å². The molecule has 5 rings (SSSR count). The van der Waals surface area contributed by atoms with E-state index in [4.69, 9.17) is 13.6 Å². The summed E-state index contributed by atoms with van der Waals surface area (Å²) in [6, 6.07) is 14.8. The van der Waals surface area contributed by atoms with Gasteiger partial charge in [-0.05, 0) is 24.3 Å². The Balaban J connectivity index is 0.000000153. The number of nitrogens with one attached hydrogen (secondary N) is 1. The van der Waals surface area contributed by atoms with Crippen molar-refractivity contribution in [3.05, 3.63) is 77.9 Å². The molecule has 1 aliphatic rings. The van der Waals surface area contributed by atoms with Gasteiger partial charge in [0, 0.05) is 27.1 Å². The standard InChI is InChI=1S/C9H11N5O.2C6H6O3S/c1-5-11-8(13-15-5)9-12-6-3-10-4-7(6)14(9)2;2*7-10(8,9)6-4-2-1-3-5-6/h10H,3-4H2,1-2H3;2*1-5H,(H,7,8,9). The third kappa shape index (κ3) is 7.03. The second kappa shape index (κ2) is 10.9. The highest BCUT2D eigenvalue weighted by Crippen LogP contribution is 2.21. The zero-order valence-corrected chi connectivity index (χ0v) is 20.4. The molecule has 2 aromatic carbocycles. The highest BCUT2D eigenvalue weighted by molar-refractivity contribution is 7.86. The Morgan fingerprint density at radius 2 is 1.37 bits per heavy atom. The highest BCUT2D eigenvalue weighted by Gasteiger charge is 2.22. The molecule has 186 valence electrons. The normalized spacial score (nSPS) is 12.7. The maximum atomic E-state index is 10.4. The summed E-state index contributed by atoms with van der Waals surface area (Å²) >= 11 is 0.